The van der Waals surface area contributed by atoms with Crippen LogP contribution in [-0.4, -0.2) is 21.9 Å². The van der Waals surface area contributed by atoms with Gasteiger partial charge in [0.15, 0.2) is 5.78 Å². The maximum atomic E-state index is 11.4. The number of benzene rings is 1. The summed E-state index contributed by atoms with van der Waals surface area (Å²) in [4.78, 5) is 11.4. The van der Waals surface area contributed by atoms with E-state index in [0.29, 0.717) is 5.56 Å². The number of carbonyl (C=O) groups is 1. The molecule has 0 amide bonds. The van der Waals surface area contributed by atoms with Crippen LogP contribution in [0.2, 0.25) is 0 Å². The minimum absolute atomic E-state index is 0.0232. The van der Waals surface area contributed by atoms with Crippen molar-refractivity contribution in [3.63, 3.8) is 0 Å². The molecule has 0 saturated heterocycles. The van der Waals surface area contributed by atoms with E-state index in [9.17, 15) is 15.0 Å². The van der Waals surface area contributed by atoms with Gasteiger partial charge in [0.1, 0.15) is 11.5 Å². The lowest BCUT2D eigenvalue weighted by Gasteiger charge is -2.06. The van der Waals surface area contributed by atoms with Crippen LogP contribution in [0.25, 0.3) is 0 Å². The van der Waals surface area contributed by atoms with E-state index < -0.39 is 0 Å². The van der Waals surface area contributed by atoms with Crippen LogP contribution < -0.4 is 0 Å². The van der Waals surface area contributed by atoms with Gasteiger partial charge in [-0.3, -0.25) is 4.79 Å². The number of Topliss-reactive ketones (excluding diaryl/α,β-unsaturated/α-hetero) is 1. The highest BCUT2D eigenvalue weighted by molar-refractivity contribution is 6.19. The largest absolute Gasteiger partial charge is 0.508 e. The van der Waals surface area contributed by atoms with Gasteiger partial charge in [0.2, 0.25) is 0 Å². The van der Waals surface area contributed by atoms with E-state index in [1.807, 2.05) is 0 Å². The van der Waals surface area contributed by atoms with Crippen LogP contribution in [0.5, 0.6) is 11.5 Å². The molecular weight excluding hydrogens is 204 g/mol. The standard InChI is InChI=1S/C10H11ClO3/c1-6-8(12)3-2-7(10(6)14)9(13)4-5-11/h2-3,12,14H,4-5H2,1H3. The Kier molecular flexibility index (Phi) is 3.36. The maximum absolute atomic E-state index is 11.4. The van der Waals surface area contributed by atoms with Gasteiger partial charge in [-0.15, -0.1) is 11.6 Å². The second kappa shape index (κ2) is 4.33. The lowest BCUT2D eigenvalue weighted by molar-refractivity contribution is 0.0986. The van der Waals surface area contributed by atoms with Crippen LogP contribution in [0.15, 0.2) is 12.1 Å². The minimum Gasteiger partial charge on any atom is -0.508 e. The SMILES string of the molecule is Cc1c(O)ccc(C(=O)CCCl)c1O. The first kappa shape index (κ1) is 10.9. The Morgan fingerprint density at radius 1 is 1.43 bits per heavy atom. The van der Waals surface area contributed by atoms with Gasteiger partial charge in [-0.25, -0.2) is 0 Å². The summed E-state index contributed by atoms with van der Waals surface area (Å²) in [7, 11) is 0. The smallest absolute Gasteiger partial charge is 0.167 e. The average Bonchev–Trinajstić information content (AvgIpc) is 2.15. The summed E-state index contributed by atoms with van der Waals surface area (Å²) in [5, 5.41) is 18.8. The minimum atomic E-state index is -0.222. The molecule has 4 heteroatoms. The van der Waals surface area contributed by atoms with Crippen LogP contribution >= 0.6 is 11.6 Å². The van der Waals surface area contributed by atoms with Gasteiger partial charge in [0.25, 0.3) is 0 Å². The molecule has 0 heterocycles. The number of hydrogen-bond donors (Lipinski definition) is 2. The molecule has 1 aromatic carbocycles. The third kappa shape index (κ3) is 1.99. The molecular formula is C10H11ClO3. The molecule has 0 saturated carbocycles. The Morgan fingerprint density at radius 2 is 2.07 bits per heavy atom. The molecule has 2 N–H and O–H groups in total. The second-order valence-electron chi connectivity index (χ2n) is 2.97. The van der Waals surface area contributed by atoms with E-state index in [2.05, 4.69) is 0 Å². The first-order valence-electron chi connectivity index (χ1n) is 4.18. The Morgan fingerprint density at radius 3 is 2.64 bits per heavy atom. The van der Waals surface area contributed by atoms with Crippen molar-refractivity contribution in [3.8, 4) is 11.5 Å². The van der Waals surface area contributed by atoms with Gasteiger partial charge in [-0.2, -0.15) is 0 Å². The van der Waals surface area contributed by atoms with Crippen molar-refractivity contribution in [1.29, 1.82) is 0 Å². The van der Waals surface area contributed by atoms with Gasteiger partial charge in [0, 0.05) is 17.9 Å². The summed E-state index contributed by atoms with van der Waals surface area (Å²) in [5.74, 6) is -0.191. The molecule has 0 bridgehead atoms. The third-order valence-corrected chi connectivity index (χ3v) is 2.21. The van der Waals surface area contributed by atoms with Crippen molar-refractivity contribution in [3.05, 3.63) is 23.3 Å². The highest BCUT2D eigenvalue weighted by atomic mass is 35.5. The number of phenols is 2. The number of carbonyl (C=O) groups excluding carboxylic acids is 1. The van der Waals surface area contributed by atoms with Gasteiger partial charge in [0.05, 0.1) is 5.56 Å². The van der Waals surface area contributed by atoms with Crippen LogP contribution in [0.3, 0.4) is 0 Å². The predicted molar refractivity (Wildman–Crippen MR) is 54.2 cm³/mol. The quantitative estimate of drug-likeness (QED) is 0.599. The lowest BCUT2D eigenvalue weighted by atomic mass is 10.0. The molecule has 0 atom stereocenters. The molecule has 0 aliphatic heterocycles. The van der Waals surface area contributed by atoms with Gasteiger partial charge < -0.3 is 10.2 Å². The molecule has 0 aromatic heterocycles. The van der Waals surface area contributed by atoms with Crippen LogP contribution in [0.1, 0.15) is 22.3 Å². The fraction of sp³-hybridized carbons (Fsp3) is 0.300. The van der Waals surface area contributed by atoms with Gasteiger partial charge in [-0.1, -0.05) is 0 Å². The summed E-state index contributed by atoms with van der Waals surface area (Å²) >= 11 is 5.42. The van der Waals surface area contributed by atoms with E-state index >= 15 is 0 Å². The number of alkyl halides is 1. The van der Waals surface area contributed by atoms with Crippen LogP contribution in [0, 0.1) is 6.92 Å². The zero-order valence-electron chi connectivity index (χ0n) is 7.75. The Balaban J connectivity index is 3.11. The normalized spacial score (nSPS) is 10.1. The van der Waals surface area contributed by atoms with Crippen molar-refractivity contribution in [2.24, 2.45) is 0 Å². The number of halogens is 1. The van der Waals surface area contributed by atoms with Crippen LogP contribution in [0.4, 0.5) is 0 Å². The Hall–Kier alpha value is -1.22. The molecule has 0 aliphatic rings. The van der Waals surface area contributed by atoms with E-state index in [0.717, 1.165) is 0 Å². The fourth-order valence-corrected chi connectivity index (χ4v) is 1.31. The first-order valence-corrected chi connectivity index (χ1v) is 4.72. The lowest BCUT2D eigenvalue weighted by Crippen LogP contribution is -2.00. The number of phenolic OH excluding ortho intramolecular Hbond substituents is 2. The second-order valence-corrected chi connectivity index (χ2v) is 3.35. The maximum Gasteiger partial charge on any atom is 0.167 e. The van der Waals surface area contributed by atoms with Gasteiger partial charge in [-0.05, 0) is 19.1 Å². The molecule has 0 unspecified atom stereocenters. The molecule has 3 nitrogen and oxygen atoms in total. The van der Waals surface area contributed by atoms with Crippen molar-refractivity contribution in [2.45, 2.75) is 13.3 Å². The molecule has 1 aromatic rings. The topological polar surface area (TPSA) is 57.5 Å². The van der Waals surface area contributed by atoms with Crippen molar-refractivity contribution in [2.75, 3.05) is 5.88 Å². The van der Waals surface area contributed by atoms with E-state index in [-0.39, 0.29) is 35.1 Å². The monoisotopic (exact) mass is 214 g/mol. The summed E-state index contributed by atoms with van der Waals surface area (Å²) < 4.78 is 0. The molecule has 1 rings (SSSR count). The fourth-order valence-electron chi connectivity index (χ4n) is 1.14. The van der Waals surface area contributed by atoms with Crippen molar-refractivity contribution in [1.82, 2.24) is 0 Å². The van der Waals surface area contributed by atoms with E-state index in [4.69, 9.17) is 11.6 Å². The highest BCUT2D eigenvalue weighted by Crippen LogP contribution is 2.30. The van der Waals surface area contributed by atoms with E-state index in [1.54, 1.807) is 6.92 Å². The van der Waals surface area contributed by atoms with Crippen molar-refractivity contribution >= 4 is 17.4 Å². The molecule has 0 aliphatic carbocycles. The highest BCUT2D eigenvalue weighted by Gasteiger charge is 2.14. The summed E-state index contributed by atoms with van der Waals surface area (Å²) in [5.41, 5.74) is 0.520. The van der Waals surface area contributed by atoms with Crippen LogP contribution in [-0.2, 0) is 0 Å². The molecule has 0 spiro atoms. The Bertz CT molecular complexity index is 361. The summed E-state index contributed by atoms with van der Waals surface area (Å²) in [6.45, 7) is 1.54. The van der Waals surface area contributed by atoms with Gasteiger partial charge >= 0.3 is 0 Å². The average molecular weight is 215 g/mol. The summed E-state index contributed by atoms with van der Waals surface area (Å²) in [6, 6.07) is 2.78. The number of ketones is 1. The zero-order chi connectivity index (χ0) is 10.7. The molecule has 76 valence electrons. The molecule has 0 radical (unpaired) electrons. The number of aromatic hydroxyl groups is 2. The molecule has 0 fully saturated rings. The summed E-state index contributed by atoms with van der Waals surface area (Å²) in [6.07, 6.45) is 0.180. The third-order valence-electron chi connectivity index (χ3n) is 2.02. The van der Waals surface area contributed by atoms with Crippen molar-refractivity contribution < 1.29 is 15.0 Å². The van der Waals surface area contributed by atoms with E-state index in [1.165, 1.54) is 12.1 Å². The number of hydrogen-bond acceptors (Lipinski definition) is 3. The Labute approximate surface area is 86.9 Å². The number of rotatable bonds is 3. The molecule has 14 heavy (non-hydrogen) atoms. The zero-order valence-corrected chi connectivity index (χ0v) is 8.51. The predicted octanol–water partition coefficient (Wildman–Crippen LogP) is 2.22. The first-order chi connectivity index (χ1) is 6.57.